The molecule has 2 aromatic rings. The molecule has 6 heteroatoms. The molecule has 2 aromatic heterocycles. The van der Waals surface area contributed by atoms with E-state index in [4.69, 9.17) is 11.6 Å². The van der Waals surface area contributed by atoms with Gasteiger partial charge in [-0.3, -0.25) is 4.79 Å². The van der Waals surface area contributed by atoms with E-state index in [2.05, 4.69) is 20.6 Å². The van der Waals surface area contributed by atoms with Crippen molar-refractivity contribution in [1.29, 1.82) is 0 Å². The van der Waals surface area contributed by atoms with Gasteiger partial charge in [-0.05, 0) is 31.2 Å². The van der Waals surface area contributed by atoms with E-state index in [0.717, 1.165) is 0 Å². The van der Waals surface area contributed by atoms with Gasteiger partial charge in [0.05, 0.1) is 10.6 Å². The van der Waals surface area contributed by atoms with E-state index in [1.807, 2.05) is 6.92 Å². The molecule has 2 N–H and O–H groups in total. The zero-order chi connectivity index (χ0) is 13.7. The van der Waals surface area contributed by atoms with Crippen LogP contribution in [0.25, 0.3) is 0 Å². The molecule has 5 nitrogen and oxygen atoms in total. The van der Waals surface area contributed by atoms with E-state index in [0.29, 0.717) is 28.8 Å². The smallest absolute Gasteiger partial charge is 0.260 e. The fourth-order valence-corrected chi connectivity index (χ4v) is 1.64. The molecule has 0 radical (unpaired) electrons. The number of anilines is 2. The Kier molecular flexibility index (Phi) is 4.30. The molecular formula is C13H13ClN4O. The number of hydrogen-bond donors (Lipinski definition) is 2. The molecule has 0 aliphatic rings. The highest BCUT2D eigenvalue weighted by atomic mass is 35.5. The van der Waals surface area contributed by atoms with Crippen LogP contribution in [0.2, 0.25) is 5.02 Å². The van der Waals surface area contributed by atoms with Crippen LogP contribution in [0.1, 0.15) is 17.3 Å². The third-order valence-electron chi connectivity index (χ3n) is 2.37. The van der Waals surface area contributed by atoms with E-state index < -0.39 is 0 Å². The molecule has 1 amide bonds. The highest BCUT2D eigenvalue weighted by molar-refractivity contribution is 6.30. The first-order valence-corrected chi connectivity index (χ1v) is 6.20. The molecule has 0 aliphatic heterocycles. The number of carbonyl (C=O) groups is 1. The lowest BCUT2D eigenvalue weighted by Gasteiger charge is -2.09. The lowest BCUT2D eigenvalue weighted by atomic mass is 10.2. The SMILES string of the molecule is CCNc1ncccc1C(=O)Nc1ccc(Cl)cn1. The van der Waals surface area contributed by atoms with Crippen molar-refractivity contribution in [2.75, 3.05) is 17.2 Å². The van der Waals surface area contributed by atoms with Crippen LogP contribution in [-0.2, 0) is 0 Å². The standard InChI is InChI=1S/C13H13ClN4O/c1-2-15-12-10(4-3-7-16-12)13(19)18-11-6-5-9(14)8-17-11/h3-8H,2H2,1H3,(H,15,16)(H,17,18,19). The fraction of sp³-hybridized carbons (Fsp3) is 0.154. The second-order valence-corrected chi connectivity index (χ2v) is 4.18. The van der Waals surface area contributed by atoms with Crippen LogP contribution in [0.15, 0.2) is 36.7 Å². The Labute approximate surface area is 116 Å². The summed E-state index contributed by atoms with van der Waals surface area (Å²) in [5.74, 6) is 0.732. The summed E-state index contributed by atoms with van der Waals surface area (Å²) in [5, 5.41) is 6.26. The average molecular weight is 277 g/mol. The van der Waals surface area contributed by atoms with Gasteiger partial charge in [0.15, 0.2) is 0 Å². The van der Waals surface area contributed by atoms with Crippen LogP contribution in [0.5, 0.6) is 0 Å². The minimum absolute atomic E-state index is 0.265. The van der Waals surface area contributed by atoms with Gasteiger partial charge in [0.1, 0.15) is 11.6 Å². The van der Waals surface area contributed by atoms with Crippen LogP contribution in [0.3, 0.4) is 0 Å². The molecule has 0 aromatic carbocycles. The topological polar surface area (TPSA) is 66.9 Å². The first kappa shape index (κ1) is 13.3. The normalized spacial score (nSPS) is 10.0. The van der Waals surface area contributed by atoms with E-state index in [1.54, 1.807) is 30.5 Å². The van der Waals surface area contributed by atoms with E-state index >= 15 is 0 Å². The number of hydrogen-bond acceptors (Lipinski definition) is 4. The van der Waals surface area contributed by atoms with E-state index in [9.17, 15) is 4.79 Å². The quantitative estimate of drug-likeness (QED) is 0.901. The lowest BCUT2D eigenvalue weighted by Crippen LogP contribution is -2.16. The van der Waals surface area contributed by atoms with Crippen molar-refractivity contribution in [2.45, 2.75) is 6.92 Å². The van der Waals surface area contributed by atoms with Crippen LogP contribution < -0.4 is 10.6 Å². The van der Waals surface area contributed by atoms with Crippen molar-refractivity contribution in [1.82, 2.24) is 9.97 Å². The molecule has 2 rings (SSSR count). The van der Waals surface area contributed by atoms with Crippen LogP contribution in [0.4, 0.5) is 11.6 Å². The summed E-state index contributed by atoms with van der Waals surface area (Å²) in [5.41, 5.74) is 0.473. The van der Waals surface area contributed by atoms with Gasteiger partial charge in [-0.15, -0.1) is 0 Å². The van der Waals surface area contributed by atoms with Crippen LogP contribution in [-0.4, -0.2) is 22.4 Å². The Bertz CT molecular complexity index is 571. The van der Waals surface area contributed by atoms with Crippen LogP contribution >= 0.6 is 11.6 Å². The Morgan fingerprint density at radius 3 is 2.84 bits per heavy atom. The van der Waals surface area contributed by atoms with E-state index in [1.165, 1.54) is 6.20 Å². The monoisotopic (exact) mass is 276 g/mol. The van der Waals surface area contributed by atoms with Gasteiger partial charge < -0.3 is 10.6 Å². The summed E-state index contributed by atoms with van der Waals surface area (Å²) in [6.45, 7) is 2.63. The Morgan fingerprint density at radius 2 is 2.16 bits per heavy atom. The van der Waals surface area contributed by atoms with Gasteiger partial charge in [-0.2, -0.15) is 0 Å². The molecule has 19 heavy (non-hydrogen) atoms. The molecule has 2 heterocycles. The Balaban J connectivity index is 2.18. The fourth-order valence-electron chi connectivity index (χ4n) is 1.53. The molecule has 0 atom stereocenters. The summed E-state index contributed by atoms with van der Waals surface area (Å²) in [4.78, 5) is 20.3. The predicted octanol–water partition coefficient (Wildman–Crippen LogP) is 2.81. The third-order valence-corrected chi connectivity index (χ3v) is 2.59. The zero-order valence-electron chi connectivity index (χ0n) is 10.4. The minimum atomic E-state index is -0.265. The van der Waals surface area contributed by atoms with Crippen molar-refractivity contribution in [3.8, 4) is 0 Å². The molecule has 0 saturated heterocycles. The maximum atomic E-state index is 12.1. The van der Waals surface area contributed by atoms with Crippen molar-refractivity contribution in [3.05, 3.63) is 47.2 Å². The van der Waals surface area contributed by atoms with Gasteiger partial charge in [0, 0.05) is 18.9 Å². The van der Waals surface area contributed by atoms with Crippen molar-refractivity contribution in [2.24, 2.45) is 0 Å². The Hall–Kier alpha value is -2.14. The largest absolute Gasteiger partial charge is 0.370 e. The molecule has 0 saturated carbocycles. The molecule has 0 aliphatic carbocycles. The molecular weight excluding hydrogens is 264 g/mol. The molecule has 98 valence electrons. The summed E-state index contributed by atoms with van der Waals surface area (Å²) in [6.07, 6.45) is 3.11. The average Bonchev–Trinajstić information content (AvgIpc) is 2.42. The second-order valence-electron chi connectivity index (χ2n) is 3.75. The number of rotatable bonds is 4. The van der Waals surface area contributed by atoms with Crippen LogP contribution in [0, 0.1) is 0 Å². The number of pyridine rings is 2. The highest BCUT2D eigenvalue weighted by Gasteiger charge is 2.12. The second kappa shape index (κ2) is 6.15. The number of aromatic nitrogens is 2. The third kappa shape index (κ3) is 3.42. The lowest BCUT2D eigenvalue weighted by molar-refractivity contribution is 0.102. The van der Waals surface area contributed by atoms with E-state index in [-0.39, 0.29) is 5.91 Å². The van der Waals surface area contributed by atoms with Gasteiger partial charge in [0.25, 0.3) is 5.91 Å². The van der Waals surface area contributed by atoms with Gasteiger partial charge in [-0.1, -0.05) is 11.6 Å². The maximum Gasteiger partial charge on any atom is 0.260 e. The number of nitrogens with zero attached hydrogens (tertiary/aromatic N) is 2. The molecule has 0 bridgehead atoms. The first-order chi connectivity index (χ1) is 9.20. The van der Waals surface area contributed by atoms with Crippen molar-refractivity contribution >= 4 is 29.1 Å². The van der Waals surface area contributed by atoms with Crippen molar-refractivity contribution in [3.63, 3.8) is 0 Å². The minimum Gasteiger partial charge on any atom is -0.370 e. The summed E-state index contributed by atoms with van der Waals surface area (Å²) in [6, 6.07) is 6.73. The highest BCUT2D eigenvalue weighted by Crippen LogP contribution is 2.14. The van der Waals surface area contributed by atoms with Crippen molar-refractivity contribution < 1.29 is 4.79 Å². The zero-order valence-corrected chi connectivity index (χ0v) is 11.1. The molecule has 0 spiro atoms. The molecule has 0 unspecified atom stereocenters. The maximum absolute atomic E-state index is 12.1. The number of halogens is 1. The van der Waals surface area contributed by atoms with Gasteiger partial charge in [-0.25, -0.2) is 9.97 Å². The Morgan fingerprint density at radius 1 is 1.32 bits per heavy atom. The summed E-state index contributed by atoms with van der Waals surface area (Å²) < 4.78 is 0. The number of carbonyl (C=O) groups excluding carboxylic acids is 1. The van der Waals surface area contributed by atoms with Gasteiger partial charge in [0.2, 0.25) is 0 Å². The molecule has 0 fully saturated rings. The van der Waals surface area contributed by atoms with Gasteiger partial charge >= 0.3 is 0 Å². The summed E-state index contributed by atoms with van der Waals surface area (Å²) in [7, 11) is 0. The number of amides is 1. The predicted molar refractivity (Wildman–Crippen MR) is 75.6 cm³/mol. The first-order valence-electron chi connectivity index (χ1n) is 5.82. The summed E-state index contributed by atoms with van der Waals surface area (Å²) >= 11 is 5.74. The number of nitrogens with one attached hydrogen (secondary N) is 2.